The van der Waals surface area contributed by atoms with Crippen LogP contribution in [0.4, 0.5) is 18.9 Å². The number of carbonyl (C=O) groups is 2. The van der Waals surface area contributed by atoms with Crippen molar-refractivity contribution >= 4 is 27.3 Å². The van der Waals surface area contributed by atoms with Crippen LogP contribution in [0.1, 0.15) is 58.8 Å². The summed E-state index contributed by atoms with van der Waals surface area (Å²) in [7, 11) is -2.07. The van der Waals surface area contributed by atoms with Crippen LogP contribution in [0.15, 0.2) is 77.7 Å². The van der Waals surface area contributed by atoms with E-state index in [1.165, 1.54) is 31.4 Å². The second-order valence-electron chi connectivity index (χ2n) is 10.5. The monoisotopic (exact) mass is 633 g/mol. The maximum Gasteiger partial charge on any atom is 0.416 e. The summed E-state index contributed by atoms with van der Waals surface area (Å²) in [5.41, 5.74) is 3.79. The number of anilines is 1. The van der Waals surface area contributed by atoms with Gasteiger partial charge in [-0.1, -0.05) is 31.2 Å². The fraction of sp³-hybridized carbons (Fsp3) is 0.355. The predicted octanol–water partition coefficient (Wildman–Crippen LogP) is 4.39. The van der Waals surface area contributed by atoms with Gasteiger partial charge in [0.1, 0.15) is 6.04 Å². The Balaban J connectivity index is 1.51. The molecular weight excluding hydrogens is 599 g/mol. The van der Waals surface area contributed by atoms with Gasteiger partial charge < -0.3 is 15.3 Å². The highest BCUT2D eigenvalue weighted by Gasteiger charge is 2.35. The zero-order valence-electron chi connectivity index (χ0n) is 24.2. The summed E-state index contributed by atoms with van der Waals surface area (Å²) >= 11 is 0. The molecule has 1 fully saturated rings. The number of benzene rings is 3. The molecule has 236 valence electrons. The van der Waals surface area contributed by atoms with E-state index in [9.17, 15) is 36.3 Å². The van der Waals surface area contributed by atoms with Crippen LogP contribution in [0.5, 0.6) is 0 Å². The minimum atomic E-state index is -4.44. The molecule has 0 saturated carbocycles. The normalized spacial score (nSPS) is 18.0. The molecular formula is C31H34F3N3O6S. The van der Waals surface area contributed by atoms with Crippen LogP contribution >= 0.6 is 0 Å². The number of hydrogen-bond donors (Lipinski definition) is 3. The third-order valence-electron chi connectivity index (χ3n) is 7.77. The first-order chi connectivity index (χ1) is 20.9. The summed E-state index contributed by atoms with van der Waals surface area (Å²) < 4.78 is 63.4. The van der Waals surface area contributed by atoms with Crippen molar-refractivity contribution in [2.45, 2.75) is 48.8 Å². The molecule has 13 heteroatoms. The van der Waals surface area contributed by atoms with Crippen LogP contribution in [0.25, 0.3) is 0 Å². The molecule has 3 aromatic carbocycles. The number of hydroxylamine groups is 1. The standard InChI is InChI=1S/C31H34F3N3O6S/c1-3-44(41,42)26-15-8-21(9-16-26)27(19-38)35-29(39)22-6-13-25(14-7-22)37-18-23(10-17-28(37)30(40)36-43-2)20-4-11-24(12-5-20)31(32,33)34/h4-9,11-16,23,27-28,38H,3,10,17-19H2,1-2H3,(H,35,39)(H,36,40)/t23?,27-,28-/m0/s1. The molecule has 9 nitrogen and oxygen atoms in total. The van der Waals surface area contributed by atoms with E-state index in [1.54, 1.807) is 43.3 Å². The number of amides is 2. The number of rotatable bonds is 10. The number of aliphatic hydroxyl groups is 1. The van der Waals surface area contributed by atoms with Crippen molar-refractivity contribution in [2.24, 2.45) is 0 Å². The lowest BCUT2D eigenvalue weighted by Crippen LogP contribution is -2.51. The summed E-state index contributed by atoms with van der Waals surface area (Å²) in [5, 5.41) is 12.7. The molecule has 0 radical (unpaired) electrons. The third-order valence-corrected chi connectivity index (χ3v) is 9.52. The van der Waals surface area contributed by atoms with Crippen LogP contribution in [-0.2, 0) is 25.6 Å². The van der Waals surface area contributed by atoms with Crippen molar-refractivity contribution in [2.75, 3.05) is 30.9 Å². The van der Waals surface area contributed by atoms with Crippen molar-refractivity contribution in [3.63, 3.8) is 0 Å². The topological polar surface area (TPSA) is 125 Å². The van der Waals surface area contributed by atoms with Gasteiger partial charge in [0, 0.05) is 23.7 Å². The quantitative estimate of drug-likeness (QED) is 0.283. The average molecular weight is 634 g/mol. The van der Waals surface area contributed by atoms with Crippen molar-refractivity contribution in [3.05, 3.63) is 95.1 Å². The Morgan fingerprint density at radius 2 is 1.64 bits per heavy atom. The van der Waals surface area contributed by atoms with Gasteiger partial charge in [0.25, 0.3) is 11.8 Å². The van der Waals surface area contributed by atoms with Crippen LogP contribution in [0.3, 0.4) is 0 Å². The Labute approximate surface area is 253 Å². The first-order valence-electron chi connectivity index (χ1n) is 14.0. The fourth-order valence-electron chi connectivity index (χ4n) is 5.27. The van der Waals surface area contributed by atoms with Gasteiger partial charge in [0.2, 0.25) is 0 Å². The molecule has 2 amide bonds. The minimum Gasteiger partial charge on any atom is -0.394 e. The fourth-order valence-corrected chi connectivity index (χ4v) is 6.15. The number of aliphatic hydroxyl groups excluding tert-OH is 1. The van der Waals surface area contributed by atoms with Gasteiger partial charge in [-0.25, -0.2) is 13.9 Å². The molecule has 3 N–H and O–H groups in total. The van der Waals surface area contributed by atoms with Gasteiger partial charge in [-0.2, -0.15) is 13.2 Å². The summed E-state index contributed by atoms with van der Waals surface area (Å²) in [6.45, 7) is 1.47. The summed E-state index contributed by atoms with van der Waals surface area (Å²) in [6, 6.07) is 16.1. The van der Waals surface area contributed by atoms with E-state index in [2.05, 4.69) is 10.8 Å². The van der Waals surface area contributed by atoms with E-state index < -0.39 is 46.2 Å². The number of carbonyl (C=O) groups excluding carboxylic acids is 2. The van der Waals surface area contributed by atoms with E-state index in [4.69, 9.17) is 4.84 Å². The van der Waals surface area contributed by atoms with E-state index >= 15 is 0 Å². The lowest BCUT2D eigenvalue weighted by Gasteiger charge is -2.40. The van der Waals surface area contributed by atoms with E-state index in [0.29, 0.717) is 30.6 Å². The Kier molecular flexibility index (Phi) is 10.3. The van der Waals surface area contributed by atoms with E-state index in [0.717, 1.165) is 17.7 Å². The van der Waals surface area contributed by atoms with Crippen molar-refractivity contribution in [1.29, 1.82) is 0 Å². The molecule has 0 aliphatic carbocycles. The number of piperidine rings is 1. The van der Waals surface area contributed by atoms with Gasteiger partial charge in [-0.15, -0.1) is 0 Å². The summed E-state index contributed by atoms with van der Waals surface area (Å²) in [5.74, 6) is -1.04. The lowest BCUT2D eigenvalue weighted by atomic mass is 9.86. The second-order valence-corrected chi connectivity index (χ2v) is 12.7. The number of sulfone groups is 1. The van der Waals surface area contributed by atoms with Gasteiger partial charge >= 0.3 is 6.18 Å². The zero-order chi connectivity index (χ0) is 32.1. The average Bonchev–Trinajstić information content (AvgIpc) is 3.03. The largest absolute Gasteiger partial charge is 0.416 e. The third kappa shape index (κ3) is 7.58. The maximum atomic E-state index is 13.1. The van der Waals surface area contributed by atoms with Gasteiger partial charge in [-0.05, 0) is 72.5 Å². The number of halogens is 3. The molecule has 0 bridgehead atoms. The zero-order valence-corrected chi connectivity index (χ0v) is 25.0. The molecule has 1 aliphatic heterocycles. The minimum absolute atomic E-state index is 0.0482. The van der Waals surface area contributed by atoms with Crippen LogP contribution in [0.2, 0.25) is 0 Å². The molecule has 3 atom stereocenters. The molecule has 0 spiro atoms. The van der Waals surface area contributed by atoms with Gasteiger partial charge in [0.05, 0.1) is 36.0 Å². The molecule has 0 aromatic heterocycles. The highest BCUT2D eigenvalue weighted by Crippen LogP contribution is 2.36. The number of hydrogen-bond acceptors (Lipinski definition) is 7. The van der Waals surface area contributed by atoms with Crippen LogP contribution in [-0.4, -0.2) is 57.4 Å². The second kappa shape index (κ2) is 13.8. The number of nitrogens with zero attached hydrogens (tertiary/aromatic N) is 1. The molecule has 1 saturated heterocycles. The molecule has 4 rings (SSSR count). The first kappa shape index (κ1) is 33.0. The Hall–Kier alpha value is -3.94. The predicted molar refractivity (Wildman–Crippen MR) is 158 cm³/mol. The van der Waals surface area contributed by atoms with Crippen molar-refractivity contribution in [1.82, 2.24) is 10.8 Å². The number of alkyl halides is 3. The summed E-state index contributed by atoms with van der Waals surface area (Å²) in [4.78, 5) is 32.7. The first-order valence-corrected chi connectivity index (χ1v) is 15.6. The molecule has 1 heterocycles. The smallest absolute Gasteiger partial charge is 0.394 e. The molecule has 1 aliphatic rings. The van der Waals surface area contributed by atoms with Gasteiger partial charge in [0.15, 0.2) is 9.84 Å². The molecule has 44 heavy (non-hydrogen) atoms. The highest BCUT2D eigenvalue weighted by atomic mass is 32.2. The highest BCUT2D eigenvalue weighted by molar-refractivity contribution is 7.91. The lowest BCUT2D eigenvalue weighted by molar-refractivity contribution is -0.137. The number of nitrogens with one attached hydrogen (secondary N) is 2. The maximum absolute atomic E-state index is 13.1. The van der Waals surface area contributed by atoms with E-state index in [1.807, 2.05) is 4.90 Å². The Morgan fingerprint density at radius 1 is 1.00 bits per heavy atom. The molecule has 1 unspecified atom stereocenters. The Bertz CT molecular complexity index is 1550. The van der Waals surface area contributed by atoms with Crippen LogP contribution in [0, 0.1) is 0 Å². The van der Waals surface area contributed by atoms with Gasteiger partial charge in [-0.3, -0.25) is 14.4 Å². The van der Waals surface area contributed by atoms with Crippen molar-refractivity contribution in [3.8, 4) is 0 Å². The molecule has 3 aromatic rings. The van der Waals surface area contributed by atoms with E-state index in [-0.39, 0.29) is 28.0 Å². The van der Waals surface area contributed by atoms with Crippen molar-refractivity contribution < 1.29 is 41.1 Å². The summed E-state index contributed by atoms with van der Waals surface area (Å²) in [6.07, 6.45) is -3.45. The Morgan fingerprint density at radius 3 is 2.18 bits per heavy atom. The SMILES string of the molecule is CCS(=O)(=O)c1ccc([C@H](CO)NC(=O)c2ccc(N3CC(c4ccc(C(F)(F)F)cc4)CC[C@H]3C(=O)NOC)cc2)cc1. The van der Waals surface area contributed by atoms with Crippen LogP contribution < -0.4 is 15.7 Å².